The van der Waals surface area contributed by atoms with Crippen LogP contribution in [0.3, 0.4) is 0 Å². The molecule has 0 bridgehead atoms. The van der Waals surface area contributed by atoms with E-state index in [0.717, 1.165) is 33.8 Å². The van der Waals surface area contributed by atoms with Crippen LogP contribution in [0.4, 0.5) is 0 Å². The SMILES string of the molecule is c1ccc(-c2ccccc2OC2OCCOC2Oc2ccccc2-c2ccccc2)cc1. The van der Waals surface area contributed by atoms with Crippen molar-refractivity contribution in [2.75, 3.05) is 13.2 Å². The first-order chi connectivity index (χ1) is 15.9. The third-order valence-corrected chi connectivity index (χ3v) is 5.30. The quantitative estimate of drug-likeness (QED) is 0.370. The minimum absolute atomic E-state index is 0.443. The average molecular weight is 424 g/mol. The lowest BCUT2D eigenvalue weighted by Gasteiger charge is -2.32. The molecule has 0 N–H and O–H groups in total. The molecule has 0 spiro atoms. The lowest BCUT2D eigenvalue weighted by Crippen LogP contribution is -2.45. The largest absolute Gasteiger partial charge is 0.457 e. The van der Waals surface area contributed by atoms with Crippen molar-refractivity contribution in [3.05, 3.63) is 109 Å². The van der Waals surface area contributed by atoms with Gasteiger partial charge in [0.1, 0.15) is 11.5 Å². The molecule has 1 saturated heterocycles. The summed E-state index contributed by atoms with van der Waals surface area (Å²) in [5.74, 6) is 1.44. The molecule has 4 heteroatoms. The molecule has 0 radical (unpaired) electrons. The molecule has 5 rings (SSSR count). The van der Waals surface area contributed by atoms with Crippen molar-refractivity contribution >= 4 is 0 Å². The van der Waals surface area contributed by atoms with Crippen molar-refractivity contribution in [2.24, 2.45) is 0 Å². The molecular formula is C28H24O4. The van der Waals surface area contributed by atoms with Gasteiger partial charge in [-0.1, -0.05) is 97.1 Å². The summed E-state index contributed by atoms with van der Waals surface area (Å²) in [7, 11) is 0. The summed E-state index contributed by atoms with van der Waals surface area (Å²) >= 11 is 0. The first kappa shape index (κ1) is 20.3. The topological polar surface area (TPSA) is 36.9 Å². The van der Waals surface area contributed by atoms with Crippen LogP contribution < -0.4 is 9.47 Å². The second-order valence-corrected chi connectivity index (χ2v) is 7.44. The van der Waals surface area contributed by atoms with Crippen LogP contribution >= 0.6 is 0 Å². The normalized spacial score (nSPS) is 18.1. The van der Waals surface area contributed by atoms with Gasteiger partial charge in [-0.2, -0.15) is 0 Å². The Morgan fingerprint density at radius 3 is 1.28 bits per heavy atom. The number of benzene rings is 4. The van der Waals surface area contributed by atoms with Crippen molar-refractivity contribution in [1.82, 2.24) is 0 Å². The van der Waals surface area contributed by atoms with Crippen LogP contribution in [0.15, 0.2) is 109 Å². The van der Waals surface area contributed by atoms with E-state index < -0.39 is 12.6 Å². The number of ether oxygens (including phenoxy) is 4. The third-order valence-electron chi connectivity index (χ3n) is 5.30. The summed E-state index contributed by atoms with van der Waals surface area (Å²) < 4.78 is 24.5. The van der Waals surface area contributed by atoms with E-state index in [1.807, 2.05) is 84.9 Å². The lowest BCUT2D eigenvalue weighted by atomic mass is 10.0. The van der Waals surface area contributed by atoms with E-state index in [2.05, 4.69) is 24.3 Å². The molecule has 1 heterocycles. The zero-order valence-corrected chi connectivity index (χ0v) is 17.6. The number of hydrogen-bond acceptors (Lipinski definition) is 4. The predicted molar refractivity (Wildman–Crippen MR) is 124 cm³/mol. The van der Waals surface area contributed by atoms with Crippen molar-refractivity contribution in [1.29, 1.82) is 0 Å². The van der Waals surface area contributed by atoms with Crippen molar-refractivity contribution in [3.63, 3.8) is 0 Å². The number of rotatable bonds is 6. The molecule has 1 fully saturated rings. The van der Waals surface area contributed by atoms with Crippen LogP contribution in [0, 0.1) is 0 Å². The van der Waals surface area contributed by atoms with E-state index in [4.69, 9.17) is 18.9 Å². The van der Waals surface area contributed by atoms with E-state index in [0.29, 0.717) is 13.2 Å². The van der Waals surface area contributed by atoms with Gasteiger partial charge in [-0.05, 0) is 23.3 Å². The van der Waals surface area contributed by atoms with Crippen molar-refractivity contribution < 1.29 is 18.9 Å². The lowest BCUT2D eigenvalue weighted by molar-refractivity contribution is -0.270. The average Bonchev–Trinajstić information content (AvgIpc) is 2.87. The molecule has 2 atom stereocenters. The highest BCUT2D eigenvalue weighted by molar-refractivity contribution is 5.71. The smallest absolute Gasteiger partial charge is 0.263 e. The molecule has 0 aliphatic carbocycles. The minimum Gasteiger partial charge on any atom is -0.457 e. The van der Waals surface area contributed by atoms with Crippen LogP contribution in [0.1, 0.15) is 0 Å². The first-order valence-corrected chi connectivity index (χ1v) is 10.7. The van der Waals surface area contributed by atoms with Gasteiger partial charge in [0.15, 0.2) is 0 Å². The Hall–Kier alpha value is -3.60. The summed E-state index contributed by atoms with van der Waals surface area (Å²) in [6.45, 7) is 0.886. The maximum absolute atomic E-state index is 6.30. The third kappa shape index (κ3) is 4.52. The van der Waals surface area contributed by atoms with Gasteiger partial charge >= 0.3 is 0 Å². The molecule has 1 aliphatic heterocycles. The fourth-order valence-electron chi connectivity index (χ4n) is 3.77. The number of para-hydroxylation sites is 2. The molecule has 0 amide bonds. The standard InChI is InChI=1S/C28H24O4/c1-3-11-21(12-4-1)23-15-7-9-17-25(23)31-27-28(30-20-19-29-27)32-26-18-10-8-16-24(26)22-13-5-2-6-14-22/h1-18,27-28H,19-20H2. The summed E-state index contributed by atoms with van der Waals surface area (Å²) in [5, 5.41) is 0. The maximum Gasteiger partial charge on any atom is 0.263 e. The molecule has 1 aliphatic rings. The van der Waals surface area contributed by atoms with E-state index in [-0.39, 0.29) is 0 Å². The Labute approximate surface area is 188 Å². The van der Waals surface area contributed by atoms with Gasteiger partial charge in [-0.3, -0.25) is 0 Å². The fraction of sp³-hybridized carbons (Fsp3) is 0.143. The summed E-state index contributed by atoms with van der Waals surface area (Å²) in [5.41, 5.74) is 4.13. The van der Waals surface area contributed by atoms with E-state index >= 15 is 0 Å². The van der Waals surface area contributed by atoms with E-state index in [9.17, 15) is 0 Å². The summed E-state index contributed by atoms with van der Waals surface area (Å²) in [6, 6.07) is 36.1. The van der Waals surface area contributed by atoms with Gasteiger partial charge in [-0.25, -0.2) is 0 Å². The monoisotopic (exact) mass is 424 g/mol. The highest BCUT2D eigenvalue weighted by atomic mass is 16.8. The molecule has 160 valence electrons. The second-order valence-electron chi connectivity index (χ2n) is 7.44. The van der Waals surface area contributed by atoms with Gasteiger partial charge in [0.2, 0.25) is 0 Å². The maximum atomic E-state index is 6.30. The second kappa shape index (κ2) is 9.69. The van der Waals surface area contributed by atoms with Gasteiger partial charge in [0.25, 0.3) is 12.6 Å². The van der Waals surface area contributed by atoms with Gasteiger partial charge < -0.3 is 18.9 Å². The number of hydrogen-bond donors (Lipinski definition) is 0. The van der Waals surface area contributed by atoms with Crippen LogP contribution in [-0.4, -0.2) is 25.8 Å². The van der Waals surface area contributed by atoms with Crippen LogP contribution in [-0.2, 0) is 9.47 Å². The van der Waals surface area contributed by atoms with Crippen molar-refractivity contribution in [3.8, 4) is 33.8 Å². The van der Waals surface area contributed by atoms with Crippen LogP contribution in [0.2, 0.25) is 0 Å². The highest BCUT2D eigenvalue weighted by Gasteiger charge is 2.32. The predicted octanol–water partition coefficient (Wildman–Crippen LogP) is 6.18. The highest BCUT2D eigenvalue weighted by Crippen LogP contribution is 2.34. The van der Waals surface area contributed by atoms with Crippen LogP contribution in [0.5, 0.6) is 11.5 Å². The Kier molecular flexibility index (Phi) is 6.15. The van der Waals surface area contributed by atoms with Gasteiger partial charge in [0.05, 0.1) is 13.2 Å². The molecule has 4 aromatic carbocycles. The van der Waals surface area contributed by atoms with Gasteiger partial charge in [-0.15, -0.1) is 0 Å². The summed E-state index contributed by atoms with van der Waals surface area (Å²) in [6.07, 6.45) is -1.39. The fourth-order valence-corrected chi connectivity index (χ4v) is 3.77. The first-order valence-electron chi connectivity index (χ1n) is 10.7. The zero-order chi connectivity index (χ0) is 21.6. The molecule has 2 unspecified atom stereocenters. The molecule has 0 saturated carbocycles. The molecule has 4 nitrogen and oxygen atoms in total. The summed E-state index contributed by atoms with van der Waals surface area (Å²) in [4.78, 5) is 0. The Morgan fingerprint density at radius 2 is 0.844 bits per heavy atom. The van der Waals surface area contributed by atoms with E-state index in [1.165, 1.54) is 0 Å². The van der Waals surface area contributed by atoms with Crippen LogP contribution in [0.25, 0.3) is 22.3 Å². The Bertz CT molecular complexity index is 1050. The molecule has 4 aromatic rings. The van der Waals surface area contributed by atoms with Crippen molar-refractivity contribution in [2.45, 2.75) is 12.6 Å². The molecular weight excluding hydrogens is 400 g/mol. The zero-order valence-electron chi connectivity index (χ0n) is 17.6. The molecule has 0 aromatic heterocycles. The van der Waals surface area contributed by atoms with E-state index in [1.54, 1.807) is 0 Å². The van der Waals surface area contributed by atoms with Gasteiger partial charge in [0, 0.05) is 11.1 Å². The Balaban J connectivity index is 1.40. The molecule has 32 heavy (non-hydrogen) atoms. The Morgan fingerprint density at radius 1 is 0.469 bits per heavy atom. The minimum atomic E-state index is -0.697.